The molecule has 1 unspecified atom stereocenters. The molecule has 0 saturated heterocycles. The van der Waals surface area contributed by atoms with Crippen molar-refractivity contribution in [3.63, 3.8) is 0 Å². The van der Waals surface area contributed by atoms with E-state index in [1.165, 1.54) is 0 Å². The van der Waals surface area contributed by atoms with Gasteiger partial charge in [0.1, 0.15) is 0 Å². The summed E-state index contributed by atoms with van der Waals surface area (Å²) in [5.74, 6) is 5.75. The number of rotatable bonds is 3. The highest BCUT2D eigenvalue weighted by molar-refractivity contribution is 6.48. The summed E-state index contributed by atoms with van der Waals surface area (Å²) in [6.07, 6.45) is 0. The zero-order valence-corrected chi connectivity index (χ0v) is 11.3. The minimum absolute atomic E-state index is 0.0862. The van der Waals surface area contributed by atoms with Crippen LogP contribution in [0.1, 0.15) is 25.5 Å². The van der Waals surface area contributed by atoms with Gasteiger partial charge in [0.2, 0.25) is 0 Å². The molecule has 0 radical (unpaired) electrons. The lowest BCUT2D eigenvalue weighted by Gasteiger charge is -2.15. The fraction of sp³-hybridized carbons (Fsp3) is 0.333. The monoisotopic (exact) mass is 275 g/mol. The molecule has 0 aliphatic carbocycles. The van der Waals surface area contributed by atoms with E-state index in [1.807, 2.05) is 13.0 Å². The Kier molecular flexibility index (Phi) is 5.44. The summed E-state index contributed by atoms with van der Waals surface area (Å²) in [5.41, 5.74) is 0.925. The van der Waals surface area contributed by atoms with Crippen LogP contribution in [0.25, 0.3) is 0 Å². The van der Waals surface area contributed by atoms with Gasteiger partial charge < -0.3 is 0 Å². The Hall–Kier alpha value is -0.390. The summed E-state index contributed by atoms with van der Waals surface area (Å²) < 4.78 is 0. The van der Waals surface area contributed by atoms with Crippen LogP contribution in [-0.4, -0.2) is 6.54 Å². The topological polar surface area (TPSA) is 12.0 Å². The maximum absolute atomic E-state index is 6.11. The van der Waals surface area contributed by atoms with Gasteiger partial charge in [0.25, 0.3) is 0 Å². The van der Waals surface area contributed by atoms with Crippen molar-refractivity contribution in [3.8, 4) is 11.8 Å². The van der Waals surface area contributed by atoms with Gasteiger partial charge >= 0.3 is 0 Å². The molecule has 1 rings (SSSR count). The second kappa shape index (κ2) is 6.37. The van der Waals surface area contributed by atoms with Crippen molar-refractivity contribution in [1.82, 2.24) is 5.32 Å². The van der Waals surface area contributed by atoms with Crippen LogP contribution in [0.5, 0.6) is 0 Å². The van der Waals surface area contributed by atoms with Gasteiger partial charge in [0.05, 0.1) is 21.6 Å². The number of halogens is 3. The van der Waals surface area contributed by atoms with Crippen LogP contribution in [0.3, 0.4) is 0 Å². The molecule has 16 heavy (non-hydrogen) atoms. The van der Waals surface area contributed by atoms with Crippen LogP contribution in [-0.2, 0) is 0 Å². The number of hydrogen-bond acceptors (Lipinski definition) is 1. The summed E-state index contributed by atoms with van der Waals surface area (Å²) in [4.78, 5) is 0. The fourth-order valence-electron chi connectivity index (χ4n) is 1.28. The number of benzene rings is 1. The Morgan fingerprint density at radius 2 is 1.94 bits per heavy atom. The van der Waals surface area contributed by atoms with Crippen molar-refractivity contribution in [1.29, 1.82) is 0 Å². The van der Waals surface area contributed by atoms with Gasteiger partial charge in [-0.3, -0.25) is 5.32 Å². The maximum Gasteiger partial charge on any atom is 0.0781 e. The molecule has 0 fully saturated rings. The Balaban J connectivity index is 2.86. The molecule has 1 aromatic rings. The fourth-order valence-corrected chi connectivity index (χ4v) is 1.98. The second-order valence-corrected chi connectivity index (χ2v) is 4.46. The third-order valence-electron chi connectivity index (χ3n) is 2.20. The first-order chi connectivity index (χ1) is 7.57. The van der Waals surface area contributed by atoms with Gasteiger partial charge in [-0.1, -0.05) is 46.8 Å². The first-order valence-electron chi connectivity index (χ1n) is 4.84. The highest BCUT2D eigenvalue weighted by Gasteiger charge is 2.13. The zero-order valence-electron chi connectivity index (χ0n) is 9.07. The van der Waals surface area contributed by atoms with Crippen LogP contribution >= 0.6 is 34.8 Å². The minimum Gasteiger partial charge on any atom is -0.300 e. The van der Waals surface area contributed by atoms with Crippen LogP contribution in [0.4, 0.5) is 0 Å². The molecule has 1 aromatic carbocycles. The lowest BCUT2D eigenvalue weighted by molar-refractivity contribution is 0.623. The minimum atomic E-state index is 0.0862. The average Bonchev–Trinajstić information content (AvgIpc) is 2.26. The van der Waals surface area contributed by atoms with E-state index in [2.05, 4.69) is 17.2 Å². The molecule has 0 aliphatic rings. The standard InChI is InChI=1S/C12H12Cl3N/c1-3-4-7-16-8(2)9-5-6-10(13)12(15)11(9)14/h5-6,8,16H,7H2,1-2H3. The quantitative estimate of drug-likeness (QED) is 0.640. The van der Waals surface area contributed by atoms with Crippen LogP contribution < -0.4 is 5.32 Å². The van der Waals surface area contributed by atoms with E-state index in [0.29, 0.717) is 21.6 Å². The van der Waals surface area contributed by atoms with Crippen molar-refractivity contribution < 1.29 is 0 Å². The van der Waals surface area contributed by atoms with Gasteiger partial charge in [-0.05, 0) is 25.5 Å². The normalized spacial score (nSPS) is 11.8. The highest BCUT2D eigenvalue weighted by atomic mass is 35.5. The van der Waals surface area contributed by atoms with E-state index >= 15 is 0 Å². The molecule has 0 amide bonds. The van der Waals surface area contributed by atoms with Gasteiger partial charge in [-0.25, -0.2) is 0 Å². The second-order valence-electron chi connectivity index (χ2n) is 3.29. The summed E-state index contributed by atoms with van der Waals surface area (Å²) in [6, 6.07) is 3.70. The van der Waals surface area contributed by atoms with Crippen LogP contribution in [0.2, 0.25) is 15.1 Å². The molecule has 1 nitrogen and oxygen atoms in total. The molecule has 0 aromatic heterocycles. The van der Waals surface area contributed by atoms with Crippen LogP contribution in [0, 0.1) is 11.8 Å². The van der Waals surface area contributed by atoms with E-state index in [4.69, 9.17) is 34.8 Å². The van der Waals surface area contributed by atoms with E-state index in [0.717, 1.165) is 5.56 Å². The van der Waals surface area contributed by atoms with Crippen molar-refractivity contribution in [2.24, 2.45) is 0 Å². The Labute approximate surface area is 111 Å². The Morgan fingerprint density at radius 3 is 2.56 bits per heavy atom. The van der Waals surface area contributed by atoms with Crippen molar-refractivity contribution in [3.05, 3.63) is 32.8 Å². The molecule has 0 spiro atoms. The molecule has 0 bridgehead atoms. The van der Waals surface area contributed by atoms with E-state index in [-0.39, 0.29) is 6.04 Å². The summed E-state index contributed by atoms with van der Waals surface area (Å²) >= 11 is 17.9. The van der Waals surface area contributed by atoms with E-state index < -0.39 is 0 Å². The summed E-state index contributed by atoms with van der Waals surface area (Å²) in [5, 5.41) is 4.59. The Morgan fingerprint density at radius 1 is 1.25 bits per heavy atom. The van der Waals surface area contributed by atoms with Crippen molar-refractivity contribution in [2.75, 3.05) is 6.54 Å². The van der Waals surface area contributed by atoms with E-state index in [1.54, 1.807) is 13.0 Å². The lowest BCUT2D eigenvalue weighted by atomic mass is 10.1. The predicted molar refractivity (Wildman–Crippen MR) is 71.3 cm³/mol. The third kappa shape index (κ3) is 3.30. The SMILES string of the molecule is CC#CCNC(C)c1ccc(Cl)c(Cl)c1Cl. The van der Waals surface area contributed by atoms with Gasteiger partial charge in [0.15, 0.2) is 0 Å². The molecule has 0 heterocycles. The molecule has 0 aliphatic heterocycles. The van der Waals surface area contributed by atoms with Gasteiger partial charge in [-0.2, -0.15) is 0 Å². The molecule has 86 valence electrons. The smallest absolute Gasteiger partial charge is 0.0781 e. The first kappa shape index (κ1) is 13.7. The maximum atomic E-state index is 6.11. The van der Waals surface area contributed by atoms with Crippen LogP contribution in [0.15, 0.2) is 12.1 Å². The molecule has 1 N–H and O–H groups in total. The van der Waals surface area contributed by atoms with Gasteiger partial charge in [-0.15, -0.1) is 5.92 Å². The van der Waals surface area contributed by atoms with E-state index in [9.17, 15) is 0 Å². The average molecular weight is 277 g/mol. The third-order valence-corrected chi connectivity index (χ3v) is 3.51. The Bertz CT molecular complexity index is 432. The largest absolute Gasteiger partial charge is 0.300 e. The molecular formula is C12H12Cl3N. The molecule has 4 heteroatoms. The summed E-state index contributed by atoms with van der Waals surface area (Å²) in [7, 11) is 0. The zero-order chi connectivity index (χ0) is 12.1. The number of hydrogen-bond donors (Lipinski definition) is 1. The lowest BCUT2D eigenvalue weighted by Crippen LogP contribution is -2.19. The van der Waals surface area contributed by atoms with Crippen molar-refractivity contribution >= 4 is 34.8 Å². The number of nitrogens with one attached hydrogen (secondary N) is 1. The predicted octanol–water partition coefficient (Wildman–Crippen LogP) is 4.32. The van der Waals surface area contributed by atoms with Gasteiger partial charge in [0, 0.05) is 6.04 Å². The first-order valence-corrected chi connectivity index (χ1v) is 5.97. The molecule has 1 atom stereocenters. The molecular weight excluding hydrogens is 264 g/mol. The summed E-state index contributed by atoms with van der Waals surface area (Å²) in [6.45, 7) is 4.43. The molecule has 0 saturated carbocycles. The highest BCUT2D eigenvalue weighted by Crippen LogP contribution is 2.35. The van der Waals surface area contributed by atoms with Crippen molar-refractivity contribution in [2.45, 2.75) is 19.9 Å².